The lowest BCUT2D eigenvalue weighted by molar-refractivity contribution is -0.298. The number of allylic oxidation sites excluding steroid dienone is 4. The van der Waals surface area contributed by atoms with Crippen LogP contribution in [0.25, 0.3) is 0 Å². The van der Waals surface area contributed by atoms with Gasteiger partial charge < -0.3 is 35.2 Å². The minimum Gasteiger partial charge on any atom is -0.394 e. The van der Waals surface area contributed by atoms with E-state index >= 15 is 0 Å². The number of ether oxygens (including phenoxy) is 2. The number of aliphatic hydroxyl groups is 4. The molecule has 0 bridgehead atoms. The molecule has 7 unspecified atom stereocenters. The van der Waals surface area contributed by atoms with E-state index in [2.05, 4.69) is 47.7 Å². The van der Waals surface area contributed by atoms with Gasteiger partial charge >= 0.3 is 10.4 Å². The van der Waals surface area contributed by atoms with Gasteiger partial charge in [0.2, 0.25) is 5.91 Å². The zero-order valence-electron chi connectivity index (χ0n) is 41.3. The molecular formula is C52H99NO11S. The molecule has 0 spiro atoms. The lowest BCUT2D eigenvalue weighted by Gasteiger charge is -2.41. The maximum atomic E-state index is 13.1. The first-order valence-electron chi connectivity index (χ1n) is 26.7. The highest BCUT2D eigenvalue weighted by atomic mass is 32.3. The predicted molar refractivity (Wildman–Crippen MR) is 264 cm³/mol. The van der Waals surface area contributed by atoms with Crippen LogP contribution < -0.4 is 5.32 Å². The number of nitrogens with one attached hydrogen (secondary N) is 1. The molecule has 1 aliphatic heterocycles. The molecule has 65 heavy (non-hydrogen) atoms. The van der Waals surface area contributed by atoms with E-state index in [1.54, 1.807) is 0 Å². The molecule has 6 N–H and O–H groups in total. The van der Waals surface area contributed by atoms with Gasteiger partial charge in [0.1, 0.15) is 24.4 Å². The van der Waals surface area contributed by atoms with Crippen LogP contribution in [0.5, 0.6) is 0 Å². The van der Waals surface area contributed by atoms with Crippen molar-refractivity contribution in [1.29, 1.82) is 0 Å². The molecule has 0 aromatic heterocycles. The van der Waals surface area contributed by atoms with Gasteiger partial charge in [0.15, 0.2) is 6.29 Å². The van der Waals surface area contributed by atoms with Gasteiger partial charge in [0.25, 0.3) is 0 Å². The minimum atomic E-state index is -5.08. The summed E-state index contributed by atoms with van der Waals surface area (Å²) >= 11 is 0. The van der Waals surface area contributed by atoms with Crippen LogP contribution in [0.15, 0.2) is 24.3 Å². The molecule has 1 heterocycles. The van der Waals surface area contributed by atoms with E-state index in [1.165, 1.54) is 141 Å². The van der Waals surface area contributed by atoms with Gasteiger partial charge in [-0.05, 0) is 38.5 Å². The molecule has 0 aromatic carbocycles. The van der Waals surface area contributed by atoms with Crippen LogP contribution in [0.3, 0.4) is 0 Å². The standard InChI is InChI=1S/C52H99NO11S/c1-3-5-7-9-11-13-15-17-19-20-21-22-23-24-25-26-28-29-31-33-35-37-39-41-46(55)45(44-62-52-50(58)51(64-65(59,60)61)49(57)47(43-54)63-52)53-48(56)42-40-38-36-34-32-30-27-18-16-14-12-10-8-6-4-2/h12,14,16,18,45-47,49-52,54-55,57-58H,3-11,13,15,17,19-44H2,1-2H3,(H,53,56)(H,59,60,61)/b14-12-,18-16-. The molecule has 1 rings (SSSR count). The van der Waals surface area contributed by atoms with E-state index in [0.717, 1.165) is 70.6 Å². The fourth-order valence-electron chi connectivity index (χ4n) is 8.63. The Kier molecular flexibility index (Phi) is 40.4. The highest BCUT2D eigenvalue weighted by molar-refractivity contribution is 7.80. The SMILES string of the molecule is CCCCC/C=C\C=C/CCCCCCCCC(=O)NC(COC1OC(CO)C(O)C(OS(=O)(=O)O)C1O)C(O)CCCCCCCCCCCCCCCCCCCCCCCCC. The molecule has 1 aliphatic rings. The third-order valence-corrected chi connectivity index (χ3v) is 13.3. The molecule has 0 aromatic rings. The average molecular weight is 946 g/mol. The summed E-state index contributed by atoms with van der Waals surface area (Å²) in [5.41, 5.74) is 0. The number of unbranched alkanes of at least 4 members (excludes halogenated alkanes) is 31. The number of carbonyl (C=O) groups is 1. The maximum Gasteiger partial charge on any atom is 0.397 e. The van der Waals surface area contributed by atoms with Crippen molar-refractivity contribution in [3.05, 3.63) is 24.3 Å². The van der Waals surface area contributed by atoms with Gasteiger partial charge in [-0.15, -0.1) is 0 Å². The molecule has 12 nitrogen and oxygen atoms in total. The molecule has 7 atom stereocenters. The van der Waals surface area contributed by atoms with E-state index in [-0.39, 0.29) is 18.9 Å². The molecule has 1 saturated heterocycles. The lowest BCUT2D eigenvalue weighted by atomic mass is 9.99. The molecule has 0 saturated carbocycles. The zero-order valence-corrected chi connectivity index (χ0v) is 42.1. The molecular weight excluding hydrogens is 847 g/mol. The summed E-state index contributed by atoms with van der Waals surface area (Å²) in [5.74, 6) is -0.240. The summed E-state index contributed by atoms with van der Waals surface area (Å²) in [4.78, 5) is 13.1. The van der Waals surface area contributed by atoms with E-state index in [0.29, 0.717) is 12.8 Å². The van der Waals surface area contributed by atoms with Gasteiger partial charge in [-0.3, -0.25) is 9.35 Å². The highest BCUT2D eigenvalue weighted by Crippen LogP contribution is 2.26. The summed E-state index contributed by atoms with van der Waals surface area (Å²) in [6.07, 6.45) is 41.8. The zero-order chi connectivity index (χ0) is 47.6. The summed E-state index contributed by atoms with van der Waals surface area (Å²) in [7, 11) is -5.08. The van der Waals surface area contributed by atoms with Crippen LogP contribution in [0, 0.1) is 0 Å². The van der Waals surface area contributed by atoms with Crippen LogP contribution in [0.2, 0.25) is 0 Å². The van der Waals surface area contributed by atoms with Gasteiger partial charge in [0.05, 0.1) is 25.4 Å². The first-order chi connectivity index (χ1) is 31.5. The second-order valence-corrected chi connectivity index (χ2v) is 19.9. The fourth-order valence-corrected chi connectivity index (χ4v) is 9.14. The van der Waals surface area contributed by atoms with E-state index < -0.39 is 59.9 Å². The van der Waals surface area contributed by atoms with Crippen LogP contribution in [0.1, 0.15) is 245 Å². The van der Waals surface area contributed by atoms with Gasteiger partial charge in [0, 0.05) is 6.42 Å². The van der Waals surface area contributed by atoms with Crippen molar-refractivity contribution in [3.63, 3.8) is 0 Å². The lowest BCUT2D eigenvalue weighted by Crippen LogP contribution is -2.61. The van der Waals surface area contributed by atoms with Crippen LogP contribution in [-0.4, -0.2) is 95.4 Å². The van der Waals surface area contributed by atoms with Crippen molar-refractivity contribution >= 4 is 16.3 Å². The summed E-state index contributed by atoms with van der Waals surface area (Å²) in [5, 5.41) is 45.0. The first-order valence-corrected chi connectivity index (χ1v) is 28.1. The second-order valence-electron chi connectivity index (χ2n) is 18.8. The molecule has 384 valence electrons. The Labute approximate surface area is 397 Å². The number of carbonyl (C=O) groups excluding carboxylic acids is 1. The first kappa shape index (κ1) is 61.6. The van der Waals surface area contributed by atoms with Crippen molar-refractivity contribution < 1.29 is 51.8 Å². The van der Waals surface area contributed by atoms with Crippen LogP contribution in [0.4, 0.5) is 0 Å². The Bertz CT molecular complexity index is 1250. The Morgan fingerprint density at radius 2 is 1.02 bits per heavy atom. The third kappa shape index (κ3) is 35.4. The summed E-state index contributed by atoms with van der Waals surface area (Å²) in [6, 6.07) is -0.863. The van der Waals surface area contributed by atoms with E-state index in [4.69, 9.17) is 9.47 Å². The number of hydrogen-bond donors (Lipinski definition) is 6. The van der Waals surface area contributed by atoms with E-state index in [9.17, 15) is 38.2 Å². The van der Waals surface area contributed by atoms with Crippen molar-refractivity contribution in [1.82, 2.24) is 5.32 Å². The molecule has 13 heteroatoms. The predicted octanol–water partition coefficient (Wildman–Crippen LogP) is 11.7. The van der Waals surface area contributed by atoms with Crippen molar-refractivity contribution in [2.75, 3.05) is 13.2 Å². The monoisotopic (exact) mass is 946 g/mol. The Balaban J connectivity index is 2.39. The minimum absolute atomic E-state index is 0.240. The summed E-state index contributed by atoms with van der Waals surface area (Å²) < 4.78 is 47.8. The number of rotatable bonds is 46. The smallest absolute Gasteiger partial charge is 0.394 e. The molecule has 1 fully saturated rings. The van der Waals surface area contributed by atoms with E-state index in [1.807, 2.05) is 0 Å². The van der Waals surface area contributed by atoms with Crippen LogP contribution >= 0.6 is 0 Å². The largest absolute Gasteiger partial charge is 0.397 e. The topological polar surface area (TPSA) is 192 Å². The Morgan fingerprint density at radius 1 is 0.615 bits per heavy atom. The summed E-state index contributed by atoms with van der Waals surface area (Å²) in [6.45, 7) is 3.43. The molecule has 0 radical (unpaired) electrons. The van der Waals surface area contributed by atoms with Crippen molar-refractivity contribution in [2.24, 2.45) is 0 Å². The van der Waals surface area contributed by atoms with Gasteiger partial charge in [-0.2, -0.15) is 8.42 Å². The van der Waals surface area contributed by atoms with Crippen LogP contribution in [-0.2, 0) is 28.9 Å². The van der Waals surface area contributed by atoms with Gasteiger partial charge in [-0.25, -0.2) is 4.18 Å². The third-order valence-electron chi connectivity index (χ3n) is 12.8. The normalized spacial score (nSPS) is 20.3. The highest BCUT2D eigenvalue weighted by Gasteiger charge is 2.48. The Morgan fingerprint density at radius 3 is 1.46 bits per heavy atom. The van der Waals surface area contributed by atoms with Crippen molar-refractivity contribution in [2.45, 2.75) is 288 Å². The molecule has 0 aliphatic carbocycles. The number of amides is 1. The second kappa shape index (κ2) is 42.7. The Hall–Kier alpha value is -1.42. The molecule has 1 amide bonds. The fraction of sp³-hybridized carbons (Fsp3) is 0.904. The average Bonchev–Trinajstić information content (AvgIpc) is 3.28. The number of aliphatic hydroxyl groups excluding tert-OH is 4. The maximum absolute atomic E-state index is 13.1. The quantitative estimate of drug-likeness (QED) is 0.0193. The van der Waals surface area contributed by atoms with Crippen molar-refractivity contribution in [3.8, 4) is 0 Å². The van der Waals surface area contributed by atoms with Gasteiger partial charge in [-0.1, -0.05) is 224 Å². The number of hydrogen-bond acceptors (Lipinski definition) is 10.